The zero-order valence-electron chi connectivity index (χ0n) is 20.9. The first-order valence-corrected chi connectivity index (χ1v) is 12.4. The lowest BCUT2D eigenvalue weighted by atomic mass is 9.73. The molecule has 1 unspecified atom stereocenters. The summed E-state index contributed by atoms with van der Waals surface area (Å²) < 4.78 is 11.1. The Morgan fingerprint density at radius 2 is 1.71 bits per heavy atom. The number of aliphatic hydroxyl groups excluding tert-OH is 3. The summed E-state index contributed by atoms with van der Waals surface area (Å²) >= 11 is 0. The van der Waals surface area contributed by atoms with Crippen LogP contribution in [-0.4, -0.2) is 62.2 Å². The number of ether oxygens (including phenoxy) is 2. The van der Waals surface area contributed by atoms with Gasteiger partial charge in [0.05, 0.1) is 25.6 Å². The molecule has 1 heterocycles. The Hall–Kier alpha value is -1.65. The fourth-order valence-corrected chi connectivity index (χ4v) is 4.39. The molecule has 3 atom stereocenters. The lowest BCUT2D eigenvalue weighted by molar-refractivity contribution is -0.215. The van der Waals surface area contributed by atoms with Crippen LogP contribution in [0.4, 0.5) is 0 Å². The fourth-order valence-electron chi connectivity index (χ4n) is 4.39. The van der Waals surface area contributed by atoms with Crippen LogP contribution >= 0.6 is 0 Å². The molecule has 0 saturated carbocycles. The first-order chi connectivity index (χ1) is 16.2. The molecule has 9 nitrogen and oxygen atoms in total. The minimum Gasteiger partial charge on any atom is -0.461 e. The summed E-state index contributed by atoms with van der Waals surface area (Å²) in [6, 6.07) is 0. The van der Waals surface area contributed by atoms with Gasteiger partial charge in [-0.05, 0) is 31.3 Å². The van der Waals surface area contributed by atoms with Crippen LogP contribution in [0.15, 0.2) is 23.9 Å². The molecule has 1 rings (SSSR count). The molecule has 5 N–H and O–H groups in total. The largest absolute Gasteiger partial charge is 0.461 e. The van der Waals surface area contributed by atoms with Crippen LogP contribution in [0.25, 0.3) is 0 Å². The normalized spacial score (nSPS) is 21.3. The first kappa shape index (κ1) is 30.4. The van der Waals surface area contributed by atoms with Gasteiger partial charge in [-0.2, -0.15) is 0 Å². The second-order valence-corrected chi connectivity index (χ2v) is 9.55. The molecule has 1 aliphatic heterocycles. The van der Waals surface area contributed by atoms with Gasteiger partial charge in [0.1, 0.15) is 5.60 Å². The first-order valence-electron chi connectivity index (χ1n) is 12.4. The van der Waals surface area contributed by atoms with Crippen LogP contribution in [0.2, 0.25) is 0 Å². The third kappa shape index (κ3) is 8.23. The summed E-state index contributed by atoms with van der Waals surface area (Å²) in [5, 5.41) is 50.3. The minimum atomic E-state index is -2.08. The zero-order chi connectivity index (χ0) is 25.6. The number of carbonyl (C=O) groups excluding carboxylic acids is 1. The van der Waals surface area contributed by atoms with Gasteiger partial charge in [-0.15, -0.1) is 0 Å². The molecule has 0 amide bonds. The SMILES string of the molecule is CCCCCCCCCCC=COC1=C(OO)C(=O)O[C@]1(CC(O)CO)[C@@](O)(CO)CC(C)C. The molecule has 0 fully saturated rings. The molecule has 1 aliphatic rings. The number of aliphatic hydroxyl groups is 4. The predicted molar refractivity (Wildman–Crippen MR) is 126 cm³/mol. The van der Waals surface area contributed by atoms with E-state index < -0.39 is 48.7 Å². The van der Waals surface area contributed by atoms with Crippen molar-refractivity contribution in [2.75, 3.05) is 13.2 Å². The van der Waals surface area contributed by atoms with E-state index in [0.29, 0.717) is 0 Å². The highest BCUT2D eigenvalue weighted by atomic mass is 17.1. The summed E-state index contributed by atoms with van der Waals surface area (Å²) in [6.45, 7) is 4.28. The van der Waals surface area contributed by atoms with Crippen molar-refractivity contribution in [1.29, 1.82) is 0 Å². The Morgan fingerprint density at radius 3 is 2.24 bits per heavy atom. The fraction of sp³-hybridized carbons (Fsp3) is 0.800. The second kappa shape index (κ2) is 15.4. The van der Waals surface area contributed by atoms with E-state index in [4.69, 9.17) is 9.47 Å². The highest BCUT2D eigenvalue weighted by Crippen LogP contribution is 2.47. The number of allylic oxidation sites excluding steroid dienone is 1. The lowest BCUT2D eigenvalue weighted by Crippen LogP contribution is -2.60. The summed E-state index contributed by atoms with van der Waals surface area (Å²) in [5.41, 5.74) is -4.15. The van der Waals surface area contributed by atoms with E-state index in [2.05, 4.69) is 11.8 Å². The Morgan fingerprint density at radius 1 is 1.09 bits per heavy atom. The molecule has 0 aromatic heterocycles. The summed E-state index contributed by atoms with van der Waals surface area (Å²) in [7, 11) is 0. The van der Waals surface area contributed by atoms with E-state index in [-0.39, 0.29) is 18.1 Å². The van der Waals surface area contributed by atoms with Crippen molar-refractivity contribution >= 4 is 5.97 Å². The summed E-state index contributed by atoms with van der Waals surface area (Å²) in [5.74, 6) is -2.30. The van der Waals surface area contributed by atoms with Gasteiger partial charge in [-0.3, -0.25) is 0 Å². The molecule has 0 aromatic rings. The van der Waals surface area contributed by atoms with Gasteiger partial charge in [0.2, 0.25) is 11.4 Å². The highest BCUT2D eigenvalue weighted by Gasteiger charge is 2.64. The van der Waals surface area contributed by atoms with E-state index in [9.17, 15) is 30.5 Å². The molecular weight excluding hydrogens is 444 g/mol. The molecule has 0 saturated heterocycles. The standard InChI is InChI=1S/C25H44O9/c1-4-5-6-7-8-9-10-11-12-13-14-32-22-21(34-31)23(29)33-25(22,16-20(28)17-26)24(30,18-27)15-19(2)3/h13-14,19-20,26-28,30-31H,4-12,15-18H2,1-3H3/t20?,24-,25-/m0/s1. The van der Waals surface area contributed by atoms with Crippen molar-refractivity contribution < 1.29 is 44.8 Å². The Labute approximate surface area is 203 Å². The van der Waals surface area contributed by atoms with Gasteiger partial charge in [0.25, 0.3) is 5.76 Å². The van der Waals surface area contributed by atoms with Crippen molar-refractivity contribution in [1.82, 2.24) is 0 Å². The van der Waals surface area contributed by atoms with Crippen molar-refractivity contribution in [3.63, 3.8) is 0 Å². The smallest absolute Gasteiger partial charge is 0.382 e. The molecule has 0 aromatic carbocycles. The van der Waals surface area contributed by atoms with Crippen LogP contribution in [0, 0.1) is 5.92 Å². The third-order valence-electron chi connectivity index (χ3n) is 6.12. The van der Waals surface area contributed by atoms with Crippen LogP contribution in [0.5, 0.6) is 0 Å². The number of hydrogen-bond donors (Lipinski definition) is 5. The zero-order valence-corrected chi connectivity index (χ0v) is 20.9. The van der Waals surface area contributed by atoms with Gasteiger partial charge >= 0.3 is 5.97 Å². The van der Waals surface area contributed by atoms with Gasteiger partial charge in [0, 0.05) is 6.42 Å². The van der Waals surface area contributed by atoms with Crippen LogP contribution in [0.1, 0.15) is 91.4 Å². The van der Waals surface area contributed by atoms with E-state index in [0.717, 1.165) is 25.7 Å². The second-order valence-electron chi connectivity index (χ2n) is 9.55. The van der Waals surface area contributed by atoms with Crippen molar-refractivity contribution in [2.24, 2.45) is 5.92 Å². The molecule has 0 spiro atoms. The van der Waals surface area contributed by atoms with Crippen LogP contribution in [-0.2, 0) is 19.2 Å². The van der Waals surface area contributed by atoms with E-state index in [1.807, 2.05) is 0 Å². The van der Waals surface area contributed by atoms with Crippen LogP contribution in [0.3, 0.4) is 0 Å². The van der Waals surface area contributed by atoms with E-state index >= 15 is 0 Å². The van der Waals surface area contributed by atoms with Crippen molar-refractivity contribution in [2.45, 2.75) is 109 Å². The monoisotopic (exact) mass is 488 g/mol. The molecule has 0 bridgehead atoms. The summed E-state index contributed by atoms with van der Waals surface area (Å²) in [4.78, 5) is 16.7. The van der Waals surface area contributed by atoms with E-state index in [1.54, 1.807) is 19.9 Å². The maximum atomic E-state index is 12.4. The Bertz CT molecular complexity index is 661. The van der Waals surface area contributed by atoms with Gasteiger partial charge < -0.3 is 34.8 Å². The number of hydrogen-bond acceptors (Lipinski definition) is 9. The average Bonchev–Trinajstić information content (AvgIpc) is 3.08. The maximum absolute atomic E-state index is 12.4. The molecule has 34 heavy (non-hydrogen) atoms. The molecule has 0 aliphatic carbocycles. The Kier molecular flexibility index (Phi) is 13.7. The van der Waals surface area contributed by atoms with Gasteiger partial charge in [-0.25, -0.2) is 10.1 Å². The number of rotatable bonds is 19. The van der Waals surface area contributed by atoms with Crippen molar-refractivity contribution in [3.05, 3.63) is 23.9 Å². The van der Waals surface area contributed by atoms with Gasteiger partial charge in [0.15, 0.2) is 0 Å². The maximum Gasteiger partial charge on any atom is 0.382 e. The van der Waals surface area contributed by atoms with E-state index in [1.165, 1.54) is 38.4 Å². The number of cyclic esters (lactones) is 1. The van der Waals surface area contributed by atoms with Crippen molar-refractivity contribution in [3.8, 4) is 0 Å². The number of esters is 1. The molecule has 198 valence electrons. The molecular formula is C25H44O9. The topological polar surface area (TPSA) is 146 Å². The van der Waals surface area contributed by atoms with Gasteiger partial charge in [-0.1, -0.05) is 65.7 Å². The highest BCUT2D eigenvalue weighted by molar-refractivity contribution is 5.90. The quantitative estimate of drug-likeness (QED) is 0.0605. The Balaban J connectivity index is 2.96. The predicted octanol–water partition coefficient (Wildman–Crippen LogP) is 3.56. The average molecular weight is 489 g/mol. The number of carbonyl (C=O) groups is 1. The molecule has 0 radical (unpaired) electrons. The lowest BCUT2D eigenvalue weighted by Gasteiger charge is -2.44. The molecule has 9 heteroatoms. The minimum absolute atomic E-state index is 0.0253. The summed E-state index contributed by atoms with van der Waals surface area (Å²) in [6.07, 6.45) is 11.3. The van der Waals surface area contributed by atoms with Crippen LogP contribution < -0.4 is 0 Å². The number of unbranched alkanes of at least 4 members (excludes halogenated alkanes) is 8. The third-order valence-corrected chi connectivity index (χ3v) is 6.12.